The maximum atomic E-state index is 12.5. The quantitative estimate of drug-likeness (QED) is 0.856. The number of hydrogen-bond acceptors (Lipinski definition) is 5. The molecule has 23 heavy (non-hydrogen) atoms. The molecular weight excluding hydrogens is 300 g/mol. The predicted octanol–water partition coefficient (Wildman–Crippen LogP) is 0.809. The average Bonchev–Trinajstić information content (AvgIpc) is 2.77. The number of nitrogens with zero attached hydrogens (tertiary/aromatic N) is 2. The van der Waals surface area contributed by atoms with Gasteiger partial charge in [-0.05, 0) is 18.6 Å². The highest BCUT2D eigenvalue weighted by atomic mass is 16.5. The van der Waals surface area contributed by atoms with Crippen LogP contribution in [0, 0.1) is 0 Å². The topological polar surface area (TPSA) is 90.3 Å². The summed E-state index contributed by atoms with van der Waals surface area (Å²) in [5, 5.41) is 19.0. The minimum absolute atomic E-state index is 0.0242. The van der Waals surface area contributed by atoms with E-state index in [-0.39, 0.29) is 28.9 Å². The van der Waals surface area contributed by atoms with Crippen molar-refractivity contribution in [2.24, 2.45) is 0 Å². The number of phenolic OH excluding ortho intramolecular Hbond substituents is 2. The molecule has 1 aromatic rings. The standard InChI is InChI=1S/C16H22N2O5/c1-23-8-3-15(21)17-4-2-5-18(7-6-17)16(22)12-9-13(19)11-14(20)10-12/h9-11,19-20H,2-8H2,1H3. The molecule has 0 saturated carbocycles. The Morgan fingerprint density at radius 2 is 1.65 bits per heavy atom. The third-order valence-electron chi connectivity index (χ3n) is 3.81. The molecule has 1 heterocycles. The molecule has 0 bridgehead atoms. The second-order valence-corrected chi connectivity index (χ2v) is 5.51. The second kappa shape index (κ2) is 7.82. The predicted molar refractivity (Wildman–Crippen MR) is 83.4 cm³/mol. The molecule has 1 fully saturated rings. The van der Waals surface area contributed by atoms with Gasteiger partial charge >= 0.3 is 0 Å². The van der Waals surface area contributed by atoms with Gasteiger partial charge in [-0.1, -0.05) is 0 Å². The van der Waals surface area contributed by atoms with Crippen molar-refractivity contribution < 1.29 is 24.5 Å². The molecule has 0 spiro atoms. The monoisotopic (exact) mass is 322 g/mol. The molecule has 0 aliphatic carbocycles. The van der Waals surface area contributed by atoms with Gasteiger partial charge in [0.2, 0.25) is 5.91 Å². The van der Waals surface area contributed by atoms with Gasteiger partial charge in [0.15, 0.2) is 0 Å². The summed E-state index contributed by atoms with van der Waals surface area (Å²) >= 11 is 0. The molecule has 126 valence electrons. The number of amides is 2. The molecule has 1 aliphatic heterocycles. The van der Waals surface area contributed by atoms with Crippen LogP contribution in [-0.4, -0.2) is 71.7 Å². The van der Waals surface area contributed by atoms with Gasteiger partial charge in [-0.3, -0.25) is 9.59 Å². The summed E-state index contributed by atoms with van der Waals surface area (Å²) in [5.74, 6) is -0.544. The number of ether oxygens (including phenoxy) is 1. The molecule has 0 aromatic heterocycles. The van der Waals surface area contributed by atoms with Crippen molar-refractivity contribution in [1.29, 1.82) is 0 Å². The van der Waals surface area contributed by atoms with Crippen molar-refractivity contribution in [3.05, 3.63) is 23.8 Å². The Labute approximate surface area is 135 Å². The molecule has 1 saturated heterocycles. The van der Waals surface area contributed by atoms with Gasteiger partial charge in [0.1, 0.15) is 11.5 Å². The van der Waals surface area contributed by atoms with E-state index in [1.165, 1.54) is 18.2 Å². The third-order valence-corrected chi connectivity index (χ3v) is 3.81. The van der Waals surface area contributed by atoms with Crippen molar-refractivity contribution in [3.8, 4) is 11.5 Å². The van der Waals surface area contributed by atoms with E-state index in [0.717, 1.165) is 0 Å². The zero-order chi connectivity index (χ0) is 16.8. The van der Waals surface area contributed by atoms with Crippen LogP contribution < -0.4 is 0 Å². The number of aromatic hydroxyl groups is 2. The summed E-state index contributed by atoms with van der Waals surface area (Å²) in [6.07, 6.45) is 1.03. The Kier molecular flexibility index (Phi) is 5.81. The Hall–Kier alpha value is -2.28. The number of phenols is 2. The lowest BCUT2D eigenvalue weighted by Crippen LogP contribution is -2.37. The van der Waals surface area contributed by atoms with Gasteiger partial charge in [-0.2, -0.15) is 0 Å². The van der Waals surface area contributed by atoms with Gasteiger partial charge < -0.3 is 24.7 Å². The SMILES string of the molecule is COCCC(=O)N1CCCN(C(=O)c2cc(O)cc(O)c2)CC1. The summed E-state index contributed by atoms with van der Waals surface area (Å²) in [4.78, 5) is 27.9. The molecule has 1 aromatic carbocycles. The van der Waals surface area contributed by atoms with Crippen molar-refractivity contribution in [2.45, 2.75) is 12.8 Å². The third kappa shape index (κ3) is 4.59. The fourth-order valence-corrected chi connectivity index (χ4v) is 2.62. The van der Waals surface area contributed by atoms with Crippen LogP contribution in [0.5, 0.6) is 11.5 Å². The molecule has 7 heteroatoms. The Bertz CT molecular complexity index is 555. The van der Waals surface area contributed by atoms with Gasteiger partial charge in [-0.25, -0.2) is 0 Å². The molecule has 0 atom stereocenters. The largest absolute Gasteiger partial charge is 0.508 e. The van der Waals surface area contributed by atoms with Crippen molar-refractivity contribution >= 4 is 11.8 Å². The smallest absolute Gasteiger partial charge is 0.254 e. The van der Waals surface area contributed by atoms with E-state index in [2.05, 4.69) is 0 Å². The Morgan fingerprint density at radius 3 is 2.30 bits per heavy atom. The first-order chi connectivity index (χ1) is 11.0. The zero-order valence-corrected chi connectivity index (χ0v) is 13.2. The zero-order valence-electron chi connectivity index (χ0n) is 13.2. The Morgan fingerprint density at radius 1 is 1.04 bits per heavy atom. The average molecular weight is 322 g/mol. The van der Waals surface area contributed by atoms with E-state index in [4.69, 9.17) is 4.74 Å². The first-order valence-electron chi connectivity index (χ1n) is 7.60. The minimum Gasteiger partial charge on any atom is -0.508 e. The molecule has 2 rings (SSSR count). The number of carbonyl (C=O) groups excluding carboxylic acids is 2. The molecular formula is C16H22N2O5. The first-order valence-corrected chi connectivity index (χ1v) is 7.60. The number of hydrogen-bond donors (Lipinski definition) is 2. The molecule has 2 amide bonds. The van der Waals surface area contributed by atoms with E-state index < -0.39 is 0 Å². The lowest BCUT2D eigenvalue weighted by atomic mass is 10.1. The number of benzene rings is 1. The highest BCUT2D eigenvalue weighted by Crippen LogP contribution is 2.22. The van der Waals surface area contributed by atoms with E-state index in [9.17, 15) is 19.8 Å². The highest BCUT2D eigenvalue weighted by Gasteiger charge is 2.23. The van der Waals surface area contributed by atoms with Crippen molar-refractivity contribution in [1.82, 2.24) is 9.80 Å². The first kappa shape index (κ1) is 17.1. The van der Waals surface area contributed by atoms with Crippen LogP contribution in [0.25, 0.3) is 0 Å². The van der Waals surface area contributed by atoms with Crippen LogP contribution in [0.15, 0.2) is 18.2 Å². The maximum Gasteiger partial charge on any atom is 0.254 e. The number of rotatable bonds is 4. The van der Waals surface area contributed by atoms with E-state index in [1.54, 1.807) is 16.9 Å². The molecule has 2 N–H and O–H groups in total. The number of methoxy groups -OCH3 is 1. The normalized spacial score (nSPS) is 15.3. The van der Waals surface area contributed by atoms with Crippen LogP contribution in [-0.2, 0) is 9.53 Å². The van der Waals surface area contributed by atoms with Crippen molar-refractivity contribution in [3.63, 3.8) is 0 Å². The van der Waals surface area contributed by atoms with Crippen LogP contribution >= 0.6 is 0 Å². The lowest BCUT2D eigenvalue weighted by Gasteiger charge is -2.22. The highest BCUT2D eigenvalue weighted by molar-refractivity contribution is 5.95. The van der Waals surface area contributed by atoms with Gasteiger partial charge in [-0.15, -0.1) is 0 Å². The van der Waals surface area contributed by atoms with Crippen LogP contribution in [0.1, 0.15) is 23.2 Å². The van der Waals surface area contributed by atoms with E-state index in [0.29, 0.717) is 45.6 Å². The van der Waals surface area contributed by atoms with Gasteiger partial charge in [0.05, 0.1) is 13.0 Å². The maximum absolute atomic E-state index is 12.5. The number of carbonyl (C=O) groups is 2. The van der Waals surface area contributed by atoms with E-state index in [1.807, 2.05) is 0 Å². The summed E-state index contributed by atoms with van der Waals surface area (Å²) in [6.45, 7) is 2.43. The second-order valence-electron chi connectivity index (χ2n) is 5.51. The summed E-state index contributed by atoms with van der Waals surface area (Å²) in [7, 11) is 1.56. The van der Waals surface area contributed by atoms with Gasteiger partial charge in [0, 0.05) is 44.9 Å². The summed E-state index contributed by atoms with van der Waals surface area (Å²) < 4.78 is 4.91. The van der Waals surface area contributed by atoms with E-state index >= 15 is 0 Å². The lowest BCUT2D eigenvalue weighted by molar-refractivity contribution is -0.132. The summed E-state index contributed by atoms with van der Waals surface area (Å²) in [6, 6.07) is 3.83. The Balaban J connectivity index is 1.99. The van der Waals surface area contributed by atoms with Crippen LogP contribution in [0.4, 0.5) is 0 Å². The van der Waals surface area contributed by atoms with Crippen LogP contribution in [0.3, 0.4) is 0 Å². The molecule has 0 radical (unpaired) electrons. The fourth-order valence-electron chi connectivity index (χ4n) is 2.62. The molecule has 7 nitrogen and oxygen atoms in total. The van der Waals surface area contributed by atoms with Gasteiger partial charge in [0.25, 0.3) is 5.91 Å². The molecule has 0 unspecified atom stereocenters. The molecule has 1 aliphatic rings. The summed E-state index contributed by atoms with van der Waals surface area (Å²) in [5.41, 5.74) is 0.238. The van der Waals surface area contributed by atoms with Crippen LogP contribution in [0.2, 0.25) is 0 Å². The fraction of sp³-hybridized carbons (Fsp3) is 0.500. The minimum atomic E-state index is -0.262. The van der Waals surface area contributed by atoms with Crippen molar-refractivity contribution in [2.75, 3.05) is 39.9 Å².